The molecular formula is C15H15N3O5. The number of rotatable bonds is 3. The van der Waals surface area contributed by atoms with Gasteiger partial charge in [-0.1, -0.05) is 18.2 Å². The number of aromatic nitrogens is 2. The topological polar surface area (TPSA) is 124 Å². The molecule has 0 saturated carbocycles. The fourth-order valence-corrected chi connectivity index (χ4v) is 2.87. The molecule has 1 amide bonds. The number of carbonyl (C=O) groups is 2. The fourth-order valence-electron chi connectivity index (χ4n) is 2.87. The van der Waals surface area contributed by atoms with Crippen molar-refractivity contribution in [2.24, 2.45) is 0 Å². The van der Waals surface area contributed by atoms with E-state index in [1.165, 1.54) is 0 Å². The molecule has 1 saturated heterocycles. The minimum atomic E-state index is -1.14. The van der Waals surface area contributed by atoms with Crippen LogP contribution in [0.1, 0.15) is 12.1 Å². The summed E-state index contributed by atoms with van der Waals surface area (Å²) in [7, 11) is 0. The molecule has 0 radical (unpaired) electrons. The van der Waals surface area contributed by atoms with Gasteiger partial charge in [0.05, 0.1) is 23.6 Å². The van der Waals surface area contributed by atoms with Gasteiger partial charge in [-0.15, -0.1) is 0 Å². The first kappa shape index (κ1) is 15.2. The molecule has 3 N–H and O–H groups in total. The minimum absolute atomic E-state index is 0.0148. The summed E-state index contributed by atoms with van der Waals surface area (Å²) in [6, 6.07) is 5.72. The molecule has 2 heterocycles. The number of aliphatic hydroxyl groups is 1. The molecule has 0 aliphatic carbocycles. The van der Waals surface area contributed by atoms with E-state index in [0.717, 1.165) is 4.90 Å². The van der Waals surface area contributed by atoms with Crippen LogP contribution < -0.4 is 5.56 Å². The lowest BCUT2D eigenvalue weighted by Gasteiger charge is -2.21. The van der Waals surface area contributed by atoms with Crippen molar-refractivity contribution >= 4 is 22.6 Å². The van der Waals surface area contributed by atoms with Crippen LogP contribution in [0, 0.1) is 0 Å². The smallest absolute Gasteiger partial charge is 0.326 e. The van der Waals surface area contributed by atoms with Crippen LogP contribution in [0.3, 0.4) is 0 Å². The molecule has 1 aliphatic heterocycles. The molecule has 1 aromatic heterocycles. The SMILES string of the molecule is O=C(O)[C@@H]1C[C@H](O)CN1C(=O)Cc1n[nH]c(=O)c2ccccc12. The number of nitrogens with one attached hydrogen (secondary N) is 1. The predicted molar refractivity (Wildman–Crippen MR) is 79.8 cm³/mol. The maximum absolute atomic E-state index is 12.4. The third-order valence-electron chi connectivity index (χ3n) is 3.98. The highest BCUT2D eigenvalue weighted by molar-refractivity contribution is 5.90. The number of aliphatic carboxylic acids is 1. The Morgan fingerprint density at radius 3 is 2.70 bits per heavy atom. The third kappa shape index (κ3) is 2.80. The van der Waals surface area contributed by atoms with Gasteiger partial charge in [0.2, 0.25) is 5.91 Å². The Morgan fingerprint density at radius 1 is 1.30 bits per heavy atom. The molecule has 2 aromatic rings. The number of H-pyrrole nitrogens is 1. The zero-order valence-electron chi connectivity index (χ0n) is 12.1. The molecule has 1 aromatic carbocycles. The van der Waals surface area contributed by atoms with Gasteiger partial charge >= 0.3 is 5.97 Å². The van der Waals surface area contributed by atoms with Gasteiger partial charge in [0.25, 0.3) is 5.56 Å². The van der Waals surface area contributed by atoms with E-state index in [1.807, 2.05) is 0 Å². The molecule has 1 fully saturated rings. The van der Waals surface area contributed by atoms with E-state index < -0.39 is 24.0 Å². The van der Waals surface area contributed by atoms with Crippen molar-refractivity contribution in [1.82, 2.24) is 15.1 Å². The van der Waals surface area contributed by atoms with Crippen LogP contribution in [0.15, 0.2) is 29.1 Å². The molecular weight excluding hydrogens is 302 g/mol. The number of amides is 1. The van der Waals surface area contributed by atoms with Gasteiger partial charge in [-0.05, 0) is 6.07 Å². The monoisotopic (exact) mass is 317 g/mol. The van der Waals surface area contributed by atoms with Crippen molar-refractivity contribution in [1.29, 1.82) is 0 Å². The van der Waals surface area contributed by atoms with Gasteiger partial charge in [0, 0.05) is 18.4 Å². The second kappa shape index (κ2) is 5.81. The van der Waals surface area contributed by atoms with Crippen molar-refractivity contribution in [3.63, 3.8) is 0 Å². The number of hydrogen-bond acceptors (Lipinski definition) is 5. The first-order chi connectivity index (χ1) is 11.0. The summed E-state index contributed by atoms with van der Waals surface area (Å²) >= 11 is 0. The number of hydrogen-bond donors (Lipinski definition) is 3. The molecule has 2 atom stereocenters. The van der Waals surface area contributed by atoms with Crippen LogP contribution in [0.5, 0.6) is 0 Å². The van der Waals surface area contributed by atoms with Gasteiger partial charge in [0.15, 0.2) is 0 Å². The average Bonchev–Trinajstić information content (AvgIpc) is 2.93. The number of carboxylic acid groups (broad SMARTS) is 1. The Kier molecular flexibility index (Phi) is 3.83. The number of carboxylic acids is 1. The molecule has 1 aliphatic rings. The number of fused-ring (bicyclic) bond motifs is 1. The summed E-state index contributed by atoms with van der Waals surface area (Å²) in [5.41, 5.74) is 0.0209. The van der Waals surface area contributed by atoms with Crippen LogP contribution in [-0.4, -0.2) is 55.9 Å². The molecule has 0 unspecified atom stereocenters. The zero-order chi connectivity index (χ0) is 16.6. The highest BCUT2D eigenvalue weighted by Crippen LogP contribution is 2.20. The van der Waals surface area contributed by atoms with Crippen molar-refractivity contribution in [2.45, 2.75) is 25.0 Å². The molecule has 3 rings (SSSR count). The summed E-state index contributed by atoms with van der Waals surface area (Å²) in [6.45, 7) is -0.0168. The van der Waals surface area contributed by atoms with Gasteiger partial charge in [-0.25, -0.2) is 9.89 Å². The summed E-state index contributed by atoms with van der Waals surface area (Å²) < 4.78 is 0. The van der Waals surface area contributed by atoms with Gasteiger partial charge < -0.3 is 15.1 Å². The quantitative estimate of drug-likeness (QED) is 0.702. The van der Waals surface area contributed by atoms with Gasteiger partial charge in [-0.2, -0.15) is 5.10 Å². The molecule has 8 nitrogen and oxygen atoms in total. The standard InChI is InChI=1S/C15H15N3O5/c19-8-5-12(15(22)23)18(7-8)13(20)6-11-9-3-1-2-4-10(9)14(21)17-16-11/h1-4,8,12,19H,5-7H2,(H,17,21)(H,22,23)/t8-,12-/m0/s1. The number of β-amino-alcohol motifs (C(OH)–C–C–N with tert-alkyl or cyclic N) is 1. The van der Waals surface area contributed by atoms with E-state index in [0.29, 0.717) is 16.5 Å². The number of nitrogens with zero attached hydrogens (tertiary/aromatic N) is 2. The van der Waals surface area contributed by atoms with Crippen LogP contribution in [0.2, 0.25) is 0 Å². The molecule has 120 valence electrons. The minimum Gasteiger partial charge on any atom is -0.480 e. The van der Waals surface area contributed by atoms with E-state index in [1.54, 1.807) is 24.3 Å². The Labute approximate surface area is 130 Å². The maximum Gasteiger partial charge on any atom is 0.326 e. The molecule has 0 bridgehead atoms. The van der Waals surface area contributed by atoms with Crippen LogP contribution >= 0.6 is 0 Å². The van der Waals surface area contributed by atoms with Crippen LogP contribution in [-0.2, 0) is 16.0 Å². The lowest BCUT2D eigenvalue weighted by atomic mass is 10.1. The Balaban J connectivity index is 1.90. The Hall–Kier alpha value is -2.74. The van der Waals surface area contributed by atoms with E-state index in [-0.39, 0.29) is 24.9 Å². The summed E-state index contributed by atoms with van der Waals surface area (Å²) in [6.07, 6.45) is -0.977. The maximum atomic E-state index is 12.4. The normalized spacial score (nSPS) is 20.8. The number of likely N-dealkylation sites (tertiary alicyclic amines) is 1. The summed E-state index contributed by atoms with van der Waals surface area (Å²) in [5.74, 6) is -1.59. The van der Waals surface area contributed by atoms with Crippen LogP contribution in [0.4, 0.5) is 0 Å². The first-order valence-corrected chi connectivity index (χ1v) is 7.14. The van der Waals surface area contributed by atoms with Crippen molar-refractivity contribution in [3.05, 3.63) is 40.3 Å². The Bertz CT molecular complexity index is 831. The summed E-state index contributed by atoms with van der Waals surface area (Å²) in [5, 5.41) is 26.0. The lowest BCUT2D eigenvalue weighted by Crippen LogP contribution is -2.41. The van der Waals surface area contributed by atoms with E-state index in [9.17, 15) is 19.5 Å². The number of aromatic amines is 1. The van der Waals surface area contributed by atoms with Crippen molar-refractivity contribution in [3.8, 4) is 0 Å². The van der Waals surface area contributed by atoms with Gasteiger partial charge in [-0.3, -0.25) is 9.59 Å². The highest BCUT2D eigenvalue weighted by atomic mass is 16.4. The largest absolute Gasteiger partial charge is 0.480 e. The molecule has 23 heavy (non-hydrogen) atoms. The number of aliphatic hydroxyl groups excluding tert-OH is 1. The third-order valence-corrected chi connectivity index (χ3v) is 3.98. The van der Waals surface area contributed by atoms with E-state index in [4.69, 9.17) is 5.11 Å². The van der Waals surface area contributed by atoms with Crippen molar-refractivity contribution in [2.75, 3.05) is 6.54 Å². The Morgan fingerprint density at radius 2 is 2.00 bits per heavy atom. The highest BCUT2D eigenvalue weighted by Gasteiger charge is 2.38. The second-order valence-electron chi connectivity index (χ2n) is 5.51. The van der Waals surface area contributed by atoms with E-state index >= 15 is 0 Å². The van der Waals surface area contributed by atoms with Crippen LogP contribution in [0.25, 0.3) is 10.8 Å². The number of benzene rings is 1. The average molecular weight is 317 g/mol. The zero-order valence-corrected chi connectivity index (χ0v) is 12.1. The molecule has 8 heteroatoms. The van der Waals surface area contributed by atoms with E-state index in [2.05, 4.69) is 10.2 Å². The molecule has 0 spiro atoms. The predicted octanol–water partition coefficient (Wildman–Crippen LogP) is -0.488. The van der Waals surface area contributed by atoms with Gasteiger partial charge in [0.1, 0.15) is 6.04 Å². The van der Waals surface area contributed by atoms with Crippen molar-refractivity contribution < 1.29 is 19.8 Å². The fraction of sp³-hybridized carbons (Fsp3) is 0.333. The second-order valence-corrected chi connectivity index (χ2v) is 5.51. The number of carbonyl (C=O) groups excluding carboxylic acids is 1. The lowest BCUT2D eigenvalue weighted by molar-refractivity contribution is -0.148. The summed E-state index contributed by atoms with van der Waals surface area (Å²) in [4.78, 5) is 36.5. The first-order valence-electron chi connectivity index (χ1n) is 7.14.